The molecule has 98 valence electrons. The van der Waals surface area contributed by atoms with Gasteiger partial charge in [0.25, 0.3) is 0 Å². The van der Waals surface area contributed by atoms with Crippen LogP contribution in [0.1, 0.15) is 5.56 Å². The third kappa shape index (κ3) is 2.35. The highest BCUT2D eigenvalue weighted by Crippen LogP contribution is 2.50. The van der Waals surface area contributed by atoms with Crippen molar-refractivity contribution in [2.24, 2.45) is 5.73 Å². The quantitative estimate of drug-likeness (QED) is 0.817. The number of benzene rings is 1. The number of aromatic nitrogens is 1. The molecule has 0 aliphatic heterocycles. The fourth-order valence-corrected chi connectivity index (χ4v) is 3.09. The Kier molecular flexibility index (Phi) is 3.88. The topological polar surface area (TPSA) is 77.3 Å². The van der Waals surface area contributed by atoms with Crippen LogP contribution in [0.4, 0.5) is 0 Å². The number of nitrogens with one attached hydrogen (secondary N) is 1. The molecule has 1 atom stereocenters. The predicted octanol–water partition coefficient (Wildman–Crippen LogP) is 2.48. The van der Waals surface area contributed by atoms with E-state index in [0.29, 0.717) is 6.42 Å². The molecule has 2 rings (SSSR count). The Morgan fingerprint density at radius 2 is 2.00 bits per heavy atom. The number of aromatic amines is 1. The summed E-state index contributed by atoms with van der Waals surface area (Å²) < 4.78 is 21.9. The number of hydrogen-bond acceptors (Lipinski definition) is 4. The van der Waals surface area contributed by atoms with Crippen molar-refractivity contribution in [2.75, 3.05) is 14.2 Å². The van der Waals surface area contributed by atoms with Crippen molar-refractivity contribution in [3.05, 3.63) is 36.0 Å². The van der Waals surface area contributed by atoms with Crippen molar-refractivity contribution in [3.8, 4) is 0 Å². The minimum absolute atomic E-state index is 0.434. The SMILES string of the molecule is COP(=O)(OC)[C@@H](N)Cc1c[nH]c2ccccc12. The number of fused-ring (bicyclic) bond motifs is 1. The van der Waals surface area contributed by atoms with E-state index in [2.05, 4.69) is 4.98 Å². The molecule has 1 aromatic carbocycles. The Labute approximate surface area is 106 Å². The van der Waals surface area contributed by atoms with Crippen LogP contribution in [-0.2, 0) is 20.0 Å². The van der Waals surface area contributed by atoms with Gasteiger partial charge in [-0.25, -0.2) is 0 Å². The molecule has 0 unspecified atom stereocenters. The Bertz CT molecular complexity index is 573. The second kappa shape index (κ2) is 5.24. The van der Waals surface area contributed by atoms with E-state index in [1.807, 2.05) is 30.5 Å². The average Bonchev–Trinajstić information content (AvgIpc) is 2.81. The average molecular weight is 268 g/mol. The molecule has 2 aromatic rings. The highest BCUT2D eigenvalue weighted by Gasteiger charge is 2.31. The van der Waals surface area contributed by atoms with E-state index < -0.39 is 13.4 Å². The van der Waals surface area contributed by atoms with Crippen molar-refractivity contribution in [2.45, 2.75) is 12.2 Å². The Morgan fingerprint density at radius 3 is 2.67 bits per heavy atom. The van der Waals surface area contributed by atoms with E-state index in [4.69, 9.17) is 14.8 Å². The lowest BCUT2D eigenvalue weighted by Gasteiger charge is -2.20. The van der Waals surface area contributed by atoms with Gasteiger partial charge in [-0.05, 0) is 11.6 Å². The van der Waals surface area contributed by atoms with Crippen LogP contribution < -0.4 is 5.73 Å². The molecule has 5 nitrogen and oxygen atoms in total. The summed E-state index contributed by atoms with van der Waals surface area (Å²) >= 11 is 0. The number of rotatable bonds is 5. The lowest BCUT2D eigenvalue weighted by Crippen LogP contribution is -2.24. The Balaban J connectivity index is 2.26. The molecule has 0 aliphatic carbocycles. The standard InChI is InChI=1S/C12H17N2O3P/c1-16-18(15,17-2)12(13)7-9-8-14-11-6-4-3-5-10(9)11/h3-6,8,12,14H,7,13H2,1-2H3/t12-/m1/s1. The van der Waals surface area contributed by atoms with Gasteiger partial charge in [0.2, 0.25) is 0 Å². The van der Waals surface area contributed by atoms with Crippen molar-refractivity contribution >= 4 is 18.5 Å². The largest absolute Gasteiger partial charge is 0.361 e. The van der Waals surface area contributed by atoms with Crippen LogP contribution >= 0.6 is 7.60 Å². The maximum atomic E-state index is 12.1. The van der Waals surface area contributed by atoms with Gasteiger partial charge in [0.15, 0.2) is 0 Å². The Hall–Kier alpha value is -1.13. The molecule has 0 saturated carbocycles. The maximum absolute atomic E-state index is 12.1. The molecule has 1 aromatic heterocycles. The monoisotopic (exact) mass is 268 g/mol. The molecule has 1 heterocycles. The first kappa shape index (κ1) is 13.3. The van der Waals surface area contributed by atoms with Crippen LogP contribution in [-0.4, -0.2) is 25.0 Å². The Morgan fingerprint density at radius 1 is 1.33 bits per heavy atom. The van der Waals surface area contributed by atoms with Gasteiger partial charge < -0.3 is 19.8 Å². The molecular weight excluding hydrogens is 251 g/mol. The normalized spacial score (nSPS) is 13.9. The molecular formula is C12H17N2O3P. The maximum Gasteiger partial charge on any atom is 0.347 e. The first-order valence-electron chi connectivity index (χ1n) is 5.62. The molecule has 0 bridgehead atoms. The minimum atomic E-state index is -3.23. The summed E-state index contributed by atoms with van der Waals surface area (Å²) in [4.78, 5) is 3.15. The van der Waals surface area contributed by atoms with E-state index in [-0.39, 0.29) is 0 Å². The molecule has 0 radical (unpaired) electrons. The molecule has 6 heteroatoms. The first-order valence-corrected chi connectivity index (χ1v) is 7.23. The second-order valence-corrected chi connectivity index (χ2v) is 6.51. The van der Waals surface area contributed by atoms with Crippen LogP contribution in [0.15, 0.2) is 30.5 Å². The lowest BCUT2D eigenvalue weighted by atomic mass is 10.1. The van der Waals surface area contributed by atoms with Crippen LogP contribution in [0.25, 0.3) is 10.9 Å². The summed E-state index contributed by atoms with van der Waals surface area (Å²) in [6, 6.07) is 7.89. The fourth-order valence-electron chi connectivity index (χ4n) is 1.98. The van der Waals surface area contributed by atoms with Crippen LogP contribution in [0.2, 0.25) is 0 Å². The first-order chi connectivity index (χ1) is 8.60. The smallest absolute Gasteiger partial charge is 0.347 e. The highest BCUT2D eigenvalue weighted by atomic mass is 31.2. The van der Waals surface area contributed by atoms with Crippen molar-refractivity contribution in [1.82, 2.24) is 4.98 Å². The van der Waals surface area contributed by atoms with Gasteiger partial charge in [-0.2, -0.15) is 0 Å². The summed E-state index contributed by atoms with van der Waals surface area (Å²) in [7, 11) is -0.534. The highest BCUT2D eigenvalue weighted by molar-refractivity contribution is 7.54. The molecule has 0 aliphatic rings. The zero-order valence-electron chi connectivity index (χ0n) is 10.4. The summed E-state index contributed by atoms with van der Waals surface area (Å²) in [5.74, 6) is -0.674. The fraction of sp³-hybridized carbons (Fsp3) is 0.333. The van der Waals surface area contributed by atoms with E-state index in [9.17, 15) is 4.57 Å². The van der Waals surface area contributed by atoms with Gasteiger partial charge in [-0.3, -0.25) is 4.57 Å². The van der Waals surface area contributed by atoms with Gasteiger partial charge in [0, 0.05) is 37.7 Å². The molecule has 0 spiro atoms. The minimum Gasteiger partial charge on any atom is -0.361 e. The summed E-state index contributed by atoms with van der Waals surface area (Å²) in [6.45, 7) is 0. The number of H-pyrrole nitrogens is 1. The molecule has 3 N–H and O–H groups in total. The zero-order valence-corrected chi connectivity index (χ0v) is 11.3. The van der Waals surface area contributed by atoms with E-state index in [1.54, 1.807) is 0 Å². The second-order valence-electron chi connectivity index (χ2n) is 4.04. The van der Waals surface area contributed by atoms with Gasteiger partial charge in [-0.15, -0.1) is 0 Å². The zero-order chi connectivity index (χ0) is 13.2. The van der Waals surface area contributed by atoms with Gasteiger partial charge in [0.05, 0.1) is 0 Å². The summed E-state index contributed by atoms with van der Waals surface area (Å²) in [5, 5.41) is 1.08. The van der Waals surface area contributed by atoms with E-state index >= 15 is 0 Å². The molecule has 0 saturated heterocycles. The lowest BCUT2D eigenvalue weighted by molar-refractivity contribution is 0.265. The molecule has 0 amide bonds. The third-order valence-electron chi connectivity index (χ3n) is 3.02. The third-order valence-corrected chi connectivity index (χ3v) is 5.03. The number of hydrogen-bond donors (Lipinski definition) is 2. The predicted molar refractivity (Wildman–Crippen MR) is 71.6 cm³/mol. The van der Waals surface area contributed by atoms with Crippen LogP contribution in [0.5, 0.6) is 0 Å². The molecule has 18 heavy (non-hydrogen) atoms. The van der Waals surface area contributed by atoms with Gasteiger partial charge in [-0.1, -0.05) is 18.2 Å². The van der Waals surface area contributed by atoms with E-state index in [0.717, 1.165) is 16.5 Å². The number of nitrogens with two attached hydrogens (primary N) is 1. The van der Waals surface area contributed by atoms with Crippen molar-refractivity contribution < 1.29 is 13.6 Å². The summed E-state index contributed by atoms with van der Waals surface area (Å²) in [5.41, 5.74) is 7.97. The van der Waals surface area contributed by atoms with Crippen LogP contribution in [0.3, 0.4) is 0 Å². The van der Waals surface area contributed by atoms with E-state index in [1.165, 1.54) is 14.2 Å². The van der Waals surface area contributed by atoms with Crippen LogP contribution in [0, 0.1) is 0 Å². The van der Waals surface area contributed by atoms with Gasteiger partial charge >= 0.3 is 7.60 Å². The van der Waals surface area contributed by atoms with Crippen molar-refractivity contribution in [1.29, 1.82) is 0 Å². The van der Waals surface area contributed by atoms with Gasteiger partial charge in [0.1, 0.15) is 5.78 Å². The molecule has 0 fully saturated rings. The number of para-hydroxylation sites is 1. The summed E-state index contributed by atoms with van der Waals surface area (Å²) in [6.07, 6.45) is 2.31. The van der Waals surface area contributed by atoms with Crippen molar-refractivity contribution in [3.63, 3.8) is 0 Å².